The Hall–Kier alpha value is -0.980. The lowest BCUT2D eigenvalue weighted by atomic mass is 9.80. The number of aliphatic hydroxyl groups excluding tert-OH is 1. The van der Waals surface area contributed by atoms with Gasteiger partial charge in [0.1, 0.15) is 0 Å². The van der Waals surface area contributed by atoms with E-state index in [1.165, 1.54) is 5.56 Å². The fraction of sp³-hybridized carbons (Fsp3) is 0.714. The summed E-state index contributed by atoms with van der Waals surface area (Å²) in [5.41, 5.74) is 1.01. The molecule has 3 fully saturated rings. The lowest BCUT2D eigenvalue weighted by molar-refractivity contribution is -0.184. The van der Waals surface area contributed by atoms with Crippen molar-refractivity contribution in [1.82, 2.24) is 4.90 Å². The number of hydrogen-bond donors (Lipinski definition) is 1. The van der Waals surface area contributed by atoms with Crippen molar-refractivity contribution in [2.24, 2.45) is 5.92 Å². The largest absolute Gasteiger partial charge is 0.393 e. The Bertz CT molecular complexity index is 550. The van der Waals surface area contributed by atoms with Crippen LogP contribution in [0, 0.1) is 5.92 Å². The van der Waals surface area contributed by atoms with Crippen LogP contribution in [0.5, 0.6) is 0 Å². The molecule has 3 heterocycles. The highest BCUT2D eigenvalue weighted by atomic mass is 16.5. The van der Waals surface area contributed by atoms with E-state index in [0.717, 1.165) is 52.1 Å². The average Bonchev–Trinajstić information content (AvgIpc) is 2.93. The molecule has 5 heteroatoms. The van der Waals surface area contributed by atoms with Gasteiger partial charge >= 0.3 is 0 Å². The van der Waals surface area contributed by atoms with Gasteiger partial charge in [-0.2, -0.15) is 0 Å². The highest BCUT2D eigenvalue weighted by Crippen LogP contribution is 2.43. The van der Waals surface area contributed by atoms with Crippen molar-refractivity contribution < 1.29 is 19.3 Å². The van der Waals surface area contributed by atoms with Crippen LogP contribution in [0.2, 0.25) is 0 Å². The molecule has 1 spiro atoms. The number of hydrogen-bond acceptors (Lipinski definition) is 5. The number of piperidine rings is 1. The van der Waals surface area contributed by atoms with Crippen LogP contribution in [-0.4, -0.2) is 67.8 Å². The van der Waals surface area contributed by atoms with E-state index in [-0.39, 0.29) is 17.8 Å². The molecular weight excluding hydrogens is 330 g/mol. The summed E-state index contributed by atoms with van der Waals surface area (Å²) >= 11 is 0. The lowest BCUT2D eigenvalue weighted by Crippen LogP contribution is -2.52. The number of ether oxygens (including phenoxy) is 3. The molecule has 0 aromatic heterocycles. The maximum absolute atomic E-state index is 10.5. The molecule has 1 N–H and O–H groups in total. The fourth-order valence-electron chi connectivity index (χ4n) is 4.63. The Morgan fingerprint density at radius 2 is 1.73 bits per heavy atom. The molecule has 1 aromatic rings. The van der Waals surface area contributed by atoms with Gasteiger partial charge in [-0.1, -0.05) is 30.3 Å². The van der Waals surface area contributed by atoms with Crippen molar-refractivity contribution in [3.8, 4) is 0 Å². The Labute approximate surface area is 156 Å². The number of likely N-dealkylation sites (tertiary alicyclic amines) is 1. The smallest absolute Gasteiger partial charge is 0.0857 e. The first kappa shape index (κ1) is 18.4. The van der Waals surface area contributed by atoms with Crippen LogP contribution < -0.4 is 0 Å². The molecule has 2 atom stereocenters. The van der Waals surface area contributed by atoms with Gasteiger partial charge in [-0.3, -0.25) is 0 Å². The predicted molar refractivity (Wildman–Crippen MR) is 99.0 cm³/mol. The standard InChI is InChI=1S/C21H31NO4/c23-19-12-20(18-4-2-1-3-5-18)26-21(13-19)6-8-22(9-7-21)14-17-15-24-10-11-25-16-17/h1-5,17,19-20,23H,6-16H2/t19-,20+/m0/s1. The molecule has 0 saturated carbocycles. The molecule has 144 valence electrons. The first-order valence-corrected chi connectivity index (χ1v) is 10.0. The molecule has 0 amide bonds. The minimum Gasteiger partial charge on any atom is -0.393 e. The summed E-state index contributed by atoms with van der Waals surface area (Å²) in [6.07, 6.45) is 3.18. The minimum absolute atomic E-state index is 0.00940. The van der Waals surface area contributed by atoms with Crippen molar-refractivity contribution in [2.75, 3.05) is 46.1 Å². The third-order valence-electron chi connectivity index (χ3n) is 6.02. The van der Waals surface area contributed by atoms with Gasteiger partial charge < -0.3 is 24.2 Å². The lowest BCUT2D eigenvalue weighted by Gasteiger charge is -2.48. The van der Waals surface area contributed by atoms with Gasteiger partial charge in [0.15, 0.2) is 0 Å². The van der Waals surface area contributed by atoms with Crippen LogP contribution in [-0.2, 0) is 14.2 Å². The average molecular weight is 361 g/mol. The molecule has 3 aliphatic heterocycles. The quantitative estimate of drug-likeness (QED) is 0.896. The van der Waals surface area contributed by atoms with Gasteiger partial charge in [-0.25, -0.2) is 0 Å². The molecule has 5 nitrogen and oxygen atoms in total. The molecule has 1 aromatic carbocycles. The second-order valence-corrected chi connectivity index (χ2v) is 8.11. The van der Waals surface area contributed by atoms with Gasteiger partial charge in [0, 0.05) is 38.4 Å². The highest BCUT2D eigenvalue weighted by Gasteiger charge is 2.43. The van der Waals surface area contributed by atoms with E-state index in [1.54, 1.807) is 0 Å². The SMILES string of the molecule is O[C@H]1C[C@H](c2ccccc2)OC2(CCN(CC3COCCOC3)CC2)C1. The second kappa shape index (κ2) is 8.36. The van der Waals surface area contributed by atoms with Gasteiger partial charge in [-0.15, -0.1) is 0 Å². The second-order valence-electron chi connectivity index (χ2n) is 8.11. The van der Waals surface area contributed by atoms with Crippen LogP contribution in [0.1, 0.15) is 37.4 Å². The number of benzene rings is 1. The number of nitrogens with zero attached hydrogens (tertiary/aromatic N) is 1. The third-order valence-corrected chi connectivity index (χ3v) is 6.02. The minimum atomic E-state index is -0.274. The zero-order valence-electron chi connectivity index (χ0n) is 15.5. The van der Waals surface area contributed by atoms with Crippen molar-refractivity contribution in [1.29, 1.82) is 0 Å². The van der Waals surface area contributed by atoms with E-state index in [1.807, 2.05) is 18.2 Å². The van der Waals surface area contributed by atoms with E-state index in [0.29, 0.717) is 25.6 Å². The van der Waals surface area contributed by atoms with Gasteiger partial charge in [0.25, 0.3) is 0 Å². The van der Waals surface area contributed by atoms with Crippen molar-refractivity contribution >= 4 is 0 Å². The summed E-state index contributed by atoms with van der Waals surface area (Å²) in [5.74, 6) is 0.460. The normalized spacial score (nSPS) is 31.0. The summed E-state index contributed by atoms with van der Waals surface area (Å²) in [6, 6.07) is 10.3. The zero-order valence-corrected chi connectivity index (χ0v) is 15.5. The Kier molecular flexibility index (Phi) is 5.91. The van der Waals surface area contributed by atoms with Gasteiger partial charge in [-0.05, 0) is 18.4 Å². The predicted octanol–water partition coefficient (Wildman–Crippen LogP) is 2.40. The highest BCUT2D eigenvalue weighted by molar-refractivity contribution is 5.19. The third kappa shape index (κ3) is 4.46. The Balaban J connectivity index is 1.34. The summed E-state index contributed by atoms with van der Waals surface area (Å²) < 4.78 is 17.8. The van der Waals surface area contributed by atoms with Crippen LogP contribution in [0.3, 0.4) is 0 Å². The first-order chi connectivity index (χ1) is 12.7. The van der Waals surface area contributed by atoms with Crippen LogP contribution in [0.4, 0.5) is 0 Å². The van der Waals surface area contributed by atoms with E-state index < -0.39 is 0 Å². The summed E-state index contributed by atoms with van der Waals surface area (Å²) in [5, 5.41) is 10.5. The fourth-order valence-corrected chi connectivity index (χ4v) is 4.63. The van der Waals surface area contributed by atoms with Crippen LogP contribution in [0.15, 0.2) is 30.3 Å². The molecule has 26 heavy (non-hydrogen) atoms. The number of rotatable bonds is 3. The van der Waals surface area contributed by atoms with Crippen molar-refractivity contribution in [2.45, 2.75) is 43.5 Å². The maximum atomic E-state index is 10.5. The Morgan fingerprint density at radius 3 is 2.42 bits per heavy atom. The van der Waals surface area contributed by atoms with E-state index in [4.69, 9.17) is 14.2 Å². The van der Waals surface area contributed by atoms with E-state index in [9.17, 15) is 5.11 Å². The summed E-state index contributed by atoms with van der Waals surface area (Å²) in [7, 11) is 0. The summed E-state index contributed by atoms with van der Waals surface area (Å²) in [6.45, 7) is 6.09. The Morgan fingerprint density at radius 1 is 1.04 bits per heavy atom. The van der Waals surface area contributed by atoms with Crippen molar-refractivity contribution in [3.63, 3.8) is 0 Å². The van der Waals surface area contributed by atoms with Crippen molar-refractivity contribution in [3.05, 3.63) is 35.9 Å². The molecule has 3 saturated heterocycles. The molecular formula is C21H31NO4. The van der Waals surface area contributed by atoms with Crippen LogP contribution in [0.25, 0.3) is 0 Å². The molecule has 0 radical (unpaired) electrons. The monoisotopic (exact) mass is 361 g/mol. The molecule has 3 aliphatic rings. The first-order valence-electron chi connectivity index (χ1n) is 10.0. The molecule has 0 bridgehead atoms. The summed E-state index contributed by atoms with van der Waals surface area (Å²) in [4.78, 5) is 2.51. The molecule has 0 aliphatic carbocycles. The number of aliphatic hydroxyl groups is 1. The molecule has 4 rings (SSSR count). The van der Waals surface area contributed by atoms with E-state index in [2.05, 4.69) is 17.0 Å². The van der Waals surface area contributed by atoms with Gasteiger partial charge in [0.05, 0.1) is 44.2 Å². The van der Waals surface area contributed by atoms with Crippen LogP contribution >= 0.6 is 0 Å². The van der Waals surface area contributed by atoms with E-state index >= 15 is 0 Å². The zero-order chi connectivity index (χ0) is 17.8. The molecule has 0 unspecified atom stereocenters. The topological polar surface area (TPSA) is 51.2 Å². The maximum Gasteiger partial charge on any atom is 0.0857 e. The van der Waals surface area contributed by atoms with Gasteiger partial charge in [0.2, 0.25) is 0 Å².